The molecule has 84 valence electrons. The van der Waals surface area contributed by atoms with Gasteiger partial charge in [0.05, 0.1) is 12.8 Å². The lowest BCUT2D eigenvalue weighted by atomic mass is 10.3. The zero-order valence-corrected chi connectivity index (χ0v) is 9.86. The first-order chi connectivity index (χ1) is 7.27. The highest BCUT2D eigenvalue weighted by molar-refractivity contribution is 7.99. The molecule has 0 amide bonds. The molecule has 0 spiro atoms. The van der Waals surface area contributed by atoms with Gasteiger partial charge in [-0.15, -0.1) is 0 Å². The molecule has 0 unspecified atom stereocenters. The van der Waals surface area contributed by atoms with Gasteiger partial charge in [-0.25, -0.2) is 4.39 Å². The molecular formula is C11H16FNOS. The Morgan fingerprint density at radius 1 is 1.47 bits per heavy atom. The Bertz CT molecular complexity index is 307. The van der Waals surface area contributed by atoms with E-state index >= 15 is 0 Å². The summed E-state index contributed by atoms with van der Waals surface area (Å²) in [4.78, 5) is 0. The normalized spacial score (nSPS) is 10.1. The molecule has 0 saturated heterocycles. The fourth-order valence-electron chi connectivity index (χ4n) is 1.17. The van der Waals surface area contributed by atoms with Crippen molar-refractivity contribution < 1.29 is 9.13 Å². The third-order valence-corrected chi connectivity index (χ3v) is 2.84. The van der Waals surface area contributed by atoms with E-state index in [0.717, 1.165) is 18.1 Å². The third kappa shape index (κ3) is 4.00. The van der Waals surface area contributed by atoms with Crippen LogP contribution in [0.5, 0.6) is 5.75 Å². The van der Waals surface area contributed by atoms with Crippen molar-refractivity contribution in [3.8, 4) is 5.75 Å². The van der Waals surface area contributed by atoms with Crippen LogP contribution < -0.4 is 10.1 Å². The summed E-state index contributed by atoms with van der Waals surface area (Å²) in [5, 5.41) is 3.05. The van der Waals surface area contributed by atoms with Crippen molar-refractivity contribution in [2.75, 3.05) is 30.5 Å². The van der Waals surface area contributed by atoms with Crippen LogP contribution >= 0.6 is 11.8 Å². The molecule has 4 heteroatoms. The van der Waals surface area contributed by atoms with Crippen LogP contribution in [0.4, 0.5) is 10.1 Å². The van der Waals surface area contributed by atoms with Crippen LogP contribution in [0.2, 0.25) is 0 Å². The van der Waals surface area contributed by atoms with Gasteiger partial charge in [0.25, 0.3) is 0 Å². The molecule has 0 radical (unpaired) electrons. The molecule has 0 bridgehead atoms. The molecule has 1 N–H and O–H groups in total. The van der Waals surface area contributed by atoms with E-state index in [2.05, 4.69) is 12.2 Å². The van der Waals surface area contributed by atoms with Crippen molar-refractivity contribution in [2.24, 2.45) is 0 Å². The van der Waals surface area contributed by atoms with Crippen LogP contribution in [0.25, 0.3) is 0 Å². The predicted octanol–water partition coefficient (Wildman–Crippen LogP) is 3.00. The zero-order chi connectivity index (χ0) is 11.1. The van der Waals surface area contributed by atoms with Gasteiger partial charge in [0.15, 0.2) is 0 Å². The first-order valence-corrected chi connectivity index (χ1v) is 6.08. The SMILES string of the molecule is CCSCCNc1cc(OC)ccc1F. The Kier molecular flexibility index (Phi) is 5.32. The van der Waals surface area contributed by atoms with Crippen LogP contribution in [0, 0.1) is 5.82 Å². The number of benzene rings is 1. The molecular weight excluding hydrogens is 213 g/mol. The Morgan fingerprint density at radius 3 is 2.93 bits per heavy atom. The Balaban J connectivity index is 2.51. The van der Waals surface area contributed by atoms with E-state index in [1.807, 2.05) is 11.8 Å². The molecule has 0 fully saturated rings. The number of hydrogen-bond donors (Lipinski definition) is 1. The van der Waals surface area contributed by atoms with Gasteiger partial charge >= 0.3 is 0 Å². The summed E-state index contributed by atoms with van der Waals surface area (Å²) in [6.07, 6.45) is 0. The molecule has 0 aliphatic rings. The molecule has 0 aliphatic carbocycles. The van der Waals surface area contributed by atoms with Crippen LogP contribution in [0.15, 0.2) is 18.2 Å². The highest BCUT2D eigenvalue weighted by Gasteiger charge is 2.02. The highest BCUT2D eigenvalue weighted by atomic mass is 32.2. The van der Waals surface area contributed by atoms with Gasteiger partial charge in [-0.3, -0.25) is 0 Å². The quantitative estimate of drug-likeness (QED) is 0.758. The van der Waals surface area contributed by atoms with Crippen LogP contribution in [-0.2, 0) is 0 Å². The van der Waals surface area contributed by atoms with E-state index in [1.165, 1.54) is 6.07 Å². The second-order valence-electron chi connectivity index (χ2n) is 2.97. The monoisotopic (exact) mass is 229 g/mol. The van der Waals surface area contributed by atoms with Crippen molar-refractivity contribution in [2.45, 2.75) is 6.92 Å². The first kappa shape index (κ1) is 12.2. The van der Waals surface area contributed by atoms with Gasteiger partial charge in [-0.2, -0.15) is 11.8 Å². The zero-order valence-electron chi connectivity index (χ0n) is 9.05. The average Bonchev–Trinajstić information content (AvgIpc) is 2.26. The van der Waals surface area contributed by atoms with E-state index in [4.69, 9.17) is 4.74 Å². The number of nitrogens with one attached hydrogen (secondary N) is 1. The van der Waals surface area contributed by atoms with E-state index in [-0.39, 0.29) is 5.82 Å². The number of rotatable bonds is 6. The molecule has 0 atom stereocenters. The fraction of sp³-hybridized carbons (Fsp3) is 0.455. The van der Waals surface area contributed by atoms with E-state index < -0.39 is 0 Å². The second kappa shape index (κ2) is 6.56. The number of methoxy groups -OCH3 is 1. The average molecular weight is 229 g/mol. The number of hydrogen-bond acceptors (Lipinski definition) is 3. The predicted molar refractivity (Wildman–Crippen MR) is 64.4 cm³/mol. The summed E-state index contributed by atoms with van der Waals surface area (Å²) in [7, 11) is 1.57. The van der Waals surface area contributed by atoms with Crippen LogP contribution in [0.3, 0.4) is 0 Å². The molecule has 15 heavy (non-hydrogen) atoms. The number of ether oxygens (including phenoxy) is 1. The second-order valence-corrected chi connectivity index (χ2v) is 4.36. The smallest absolute Gasteiger partial charge is 0.146 e. The minimum atomic E-state index is -0.239. The summed E-state index contributed by atoms with van der Waals surface area (Å²) in [6, 6.07) is 4.70. The van der Waals surface area contributed by atoms with Crippen molar-refractivity contribution >= 4 is 17.4 Å². The molecule has 0 aromatic heterocycles. The van der Waals surface area contributed by atoms with Gasteiger partial charge in [-0.05, 0) is 17.9 Å². The maximum atomic E-state index is 13.3. The lowest BCUT2D eigenvalue weighted by Gasteiger charge is -2.08. The fourth-order valence-corrected chi connectivity index (χ4v) is 1.70. The summed E-state index contributed by atoms with van der Waals surface area (Å²) >= 11 is 1.83. The van der Waals surface area contributed by atoms with Crippen molar-refractivity contribution in [3.63, 3.8) is 0 Å². The number of thioether (sulfide) groups is 1. The molecule has 0 saturated carbocycles. The maximum absolute atomic E-state index is 13.3. The van der Waals surface area contributed by atoms with Gasteiger partial charge in [0, 0.05) is 18.4 Å². The molecule has 0 heterocycles. The molecule has 1 aromatic carbocycles. The molecule has 1 aromatic rings. The van der Waals surface area contributed by atoms with E-state index in [0.29, 0.717) is 11.4 Å². The Morgan fingerprint density at radius 2 is 2.27 bits per heavy atom. The standard InChI is InChI=1S/C11H16FNOS/c1-3-15-7-6-13-11-8-9(14-2)4-5-10(11)12/h4-5,8,13H,3,6-7H2,1-2H3. The Labute approximate surface area is 94.2 Å². The molecule has 1 rings (SSSR count). The first-order valence-electron chi connectivity index (χ1n) is 4.93. The van der Waals surface area contributed by atoms with Gasteiger partial charge in [0.1, 0.15) is 11.6 Å². The minimum absolute atomic E-state index is 0.239. The largest absolute Gasteiger partial charge is 0.497 e. The summed E-state index contributed by atoms with van der Waals surface area (Å²) < 4.78 is 18.3. The van der Waals surface area contributed by atoms with Gasteiger partial charge in [0.2, 0.25) is 0 Å². The lowest BCUT2D eigenvalue weighted by molar-refractivity contribution is 0.414. The van der Waals surface area contributed by atoms with Gasteiger partial charge < -0.3 is 10.1 Å². The van der Waals surface area contributed by atoms with E-state index in [1.54, 1.807) is 19.2 Å². The maximum Gasteiger partial charge on any atom is 0.146 e. The summed E-state index contributed by atoms with van der Waals surface area (Å²) in [6.45, 7) is 2.87. The number of anilines is 1. The summed E-state index contributed by atoms with van der Waals surface area (Å²) in [5.74, 6) is 2.49. The lowest BCUT2D eigenvalue weighted by Crippen LogP contribution is -2.06. The van der Waals surface area contributed by atoms with Crippen LogP contribution in [0.1, 0.15) is 6.92 Å². The molecule has 2 nitrogen and oxygen atoms in total. The van der Waals surface area contributed by atoms with Crippen molar-refractivity contribution in [1.82, 2.24) is 0 Å². The van der Waals surface area contributed by atoms with Crippen molar-refractivity contribution in [1.29, 1.82) is 0 Å². The highest BCUT2D eigenvalue weighted by Crippen LogP contribution is 2.20. The number of halogens is 1. The van der Waals surface area contributed by atoms with Crippen molar-refractivity contribution in [3.05, 3.63) is 24.0 Å². The van der Waals surface area contributed by atoms with E-state index in [9.17, 15) is 4.39 Å². The Hall–Kier alpha value is -0.900. The summed E-state index contributed by atoms with van der Waals surface area (Å²) in [5.41, 5.74) is 0.506. The molecule has 0 aliphatic heterocycles. The van der Waals surface area contributed by atoms with Crippen LogP contribution in [-0.4, -0.2) is 25.2 Å². The topological polar surface area (TPSA) is 21.3 Å². The minimum Gasteiger partial charge on any atom is -0.497 e. The van der Waals surface area contributed by atoms with Gasteiger partial charge in [-0.1, -0.05) is 6.92 Å². The third-order valence-electron chi connectivity index (χ3n) is 1.94.